The number of esters is 1. The Morgan fingerprint density at radius 1 is 1.33 bits per heavy atom. The van der Waals surface area contributed by atoms with Crippen LogP contribution in [0.25, 0.3) is 0 Å². The van der Waals surface area contributed by atoms with Gasteiger partial charge in [-0.2, -0.15) is 0 Å². The van der Waals surface area contributed by atoms with Gasteiger partial charge in [-0.15, -0.1) is 0 Å². The predicted octanol–water partition coefficient (Wildman–Crippen LogP) is 3.71. The molecular weight excluding hydrogens is 226 g/mol. The van der Waals surface area contributed by atoms with Crippen LogP contribution in [-0.2, 0) is 4.74 Å². The zero-order valence-corrected chi connectivity index (χ0v) is 11.5. The van der Waals surface area contributed by atoms with Crippen molar-refractivity contribution >= 4 is 11.7 Å². The summed E-state index contributed by atoms with van der Waals surface area (Å²) in [7, 11) is 0. The van der Waals surface area contributed by atoms with E-state index in [1.54, 1.807) is 6.07 Å². The Bertz CT molecular complexity index is 375. The molecule has 0 atom stereocenters. The highest BCUT2D eigenvalue weighted by Crippen LogP contribution is 2.16. The normalized spacial score (nSPS) is 10.4. The minimum absolute atomic E-state index is 0.247. The van der Waals surface area contributed by atoms with E-state index in [0.717, 1.165) is 25.1 Å². The minimum Gasteiger partial charge on any atom is -0.462 e. The van der Waals surface area contributed by atoms with Crippen LogP contribution in [-0.4, -0.2) is 19.1 Å². The number of benzene rings is 1. The van der Waals surface area contributed by atoms with E-state index in [9.17, 15) is 4.79 Å². The van der Waals surface area contributed by atoms with E-state index in [-0.39, 0.29) is 5.97 Å². The third kappa shape index (κ3) is 4.78. The van der Waals surface area contributed by atoms with Gasteiger partial charge >= 0.3 is 5.97 Å². The van der Waals surface area contributed by atoms with Crippen LogP contribution in [0.5, 0.6) is 0 Å². The molecule has 0 saturated heterocycles. The van der Waals surface area contributed by atoms with Crippen LogP contribution >= 0.6 is 0 Å². The van der Waals surface area contributed by atoms with Crippen molar-refractivity contribution in [3.63, 3.8) is 0 Å². The fourth-order valence-electron chi connectivity index (χ4n) is 1.54. The molecule has 0 aliphatic carbocycles. The fraction of sp³-hybridized carbons (Fsp3) is 0.533. The van der Waals surface area contributed by atoms with Gasteiger partial charge in [-0.05, 0) is 24.5 Å². The maximum Gasteiger partial charge on any atom is 0.340 e. The van der Waals surface area contributed by atoms with Gasteiger partial charge < -0.3 is 10.1 Å². The first-order chi connectivity index (χ1) is 8.65. The number of carbonyl (C=O) groups excluding carboxylic acids is 1. The minimum atomic E-state index is -0.247. The first-order valence-corrected chi connectivity index (χ1v) is 6.65. The molecule has 1 aromatic rings. The van der Waals surface area contributed by atoms with Gasteiger partial charge in [0, 0.05) is 12.2 Å². The first-order valence-electron chi connectivity index (χ1n) is 6.65. The summed E-state index contributed by atoms with van der Waals surface area (Å²) in [4.78, 5) is 11.9. The largest absolute Gasteiger partial charge is 0.462 e. The molecule has 0 aliphatic heterocycles. The van der Waals surface area contributed by atoms with Crippen LogP contribution in [0.2, 0.25) is 0 Å². The lowest BCUT2D eigenvalue weighted by molar-refractivity contribution is 0.0460. The van der Waals surface area contributed by atoms with Crippen molar-refractivity contribution in [2.45, 2.75) is 33.6 Å². The van der Waals surface area contributed by atoms with Crippen molar-refractivity contribution in [1.82, 2.24) is 0 Å². The molecule has 3 heteroatoms. The fourth-order valence-corrected chi connectivity index (χ4v) is 1.54. The van der Waals surface area contributed by atoms with Crippen molar-refractivity contribution in [2.24, 2.45) is 5.92 Å². The Morgan fingerprint density at radius 2 is 2.06 bits per heavy atom. The van der Waals surface area contributed by atoms with Gasteiger partial charge in [-0.1, -0.05) is 39.3 Å². The van der Waals surface area contributed by atoms with E-state index >= 15 is 0 Å². The summed E-state index contributed by atoms with van der Waals surface area (Å²) in [6.07, 6.45) is 2.22. The number of unbranched alkanes of at least 4 members (excludes halogenated alkanes) is 1. The van der Waals surface area contributed by atoms with Crippen LogP contribution in [0.15, 0.2) is 24.3 Å². The number of para-hydroxylation sites is 1. The van der Waals surface area contributed by atoms with Crippen molar-refractivity contribution in [2.75, 3.05) is 18.5 Å². The number of hydrogen-bond acceptors (Lipinski definition) is 3. The van der Waals surface area contributed by atoms with Crippen LogP contribution in [0, 0.1) is 5.92 Å². The molecule has 1 rings (SSSR count). The number of nitrogens with one attached hydrogen (secondary N) is 1. The predicted molar refractivity (Wildman–Crippen MR) is 75.0 cm³/mol. The SMILES string of the molecule is CCCCNc1ccccc1C(=O)OCC(C)C. The van der Waals surface area contributed by atoms with Crippen molar-refractivity contribution in [3.8, 4) is 0 Å². The molecule has 0 heterocycles. The number of rotatable bonds is 7. The van der Waals surface area contributed by atoms with Gasteiger partial charge in [0.15, 0.2) is 0 Å². The second kappa shape index (κ2) is 7.75. The lowest BCUT2D eigenvalue weighted by Crippen LogP contribution is -2.13. The molecule has 0 amide bonds. The van der Waals surface area contributed by atoms with E-state index < -0.39 is 0 Å². The monoisotopic (exact) mass is 249 g/mol. The third-order valence-corrected chi connectivity index (χ3v) is 2.54. The van der Waals surface area contributed by atoms with Crippen LogP contribution in [0.4, 0.5) is 5.69 Å². The molecule has 1 N–H and O–H groups in total. The molecule has 0 aliphatic rings. The lowest BCUT2D eigenvalue weighted by atomic mass is 10.1. The summed E-state index contributed by atoms with van der Waals surface area (Å²) >= 11 is 0. The highest BCUT2D eigenvalue weighted by Gasteiger charge is 2.12. The van der Waals surface area contributed by atoms with E-state index in [1.165, 1.54) is 0 Å². The van der Waals surface area contributed by atoms with Crippen LogP contribution in [0.1, 0.15) is 44.0 Å². The van der Waals surface area contributed by atoms with Gasteiger partial charge in [0.25, 0.3) is 0 Å². The third-order valence-electron chi connectivity index (χ3n) is 2.54. The van der Waals surface area contributed by atoms with Crippen LogP contribution < -0.4 is 5.32 Å². The topological polar surface area (TPSA) is 38.3 Å². The molecule has 0 unspecified atom stereocenters. The van der Waals surface area contributed by atoms with Crippen molar-refractivity contribution < 1.29 is 9.53 Å². The molecule has 0 bridgehead atoms. The van der Waals surface area contributed by atoms with Gasteiger partial charge in [-0.3, -0.25) is 0 Å². The van der Waals surface area contributed by atoms with Gasteiger partial charge in [0.2, 0.25) is 0 Å². The molecule has 18 heavy (non-hydrogen) atoms. The average Bonchev–Trinajstić information content (AvgIpc) is 2.37. The molecule has 0 fully saturated rings. The zero-order valence-electron chi connectivity index (χ0n) is 11.5. The molecule has 1 aromatic carbocycles. The number of anilines is 1. The summed E-state index contributed by atoms with van der Waals surface area (Å²) in [5.41, 5.74) is 1.48. The number of ether oxygens (including phenoxy) is 1. The highest BCUT2D eigenvalue weighted by molar-refractivity contribution is 5.95. The quantitative estimate of drug-likeness (QED) is 0.591. The number of hydrogen-bond donors (Lipinski definition) is 1. The van der Waals surface area contributed by atoms with Gasteiger partial charge in [0.1, 0.15) is 0 Å². The molecule has 0 radical (unpaired) electrons. The summed E-state index contributed by atoms with van der Waals surface area (Å²) in [6, 6.07) is 7.50. The van der Waals surface area contributed by atoms with E-state index in [0.29, 0.717) is 18.1 Å². The Balaban J connectivity index is 2.65. The summed E-state index contributed by atoms with van der Waals surface area (Å²) in [6.45, 7) is 7.54. The molecule has 0 spiro atoms. The molecule has 0 aromatic heterocycles. The summed E-state index contributed by atoms with van der Waals surface area (Å²) < 4.78 is 5.26. The molecule has 3 nitrogen and oxygen atoms in total. The lowest BCUT2D eigenvalue weighted by Gasteiger charge is -2.12. The maximum absolute atomic E-state index is 11.9. The van der Waals surface area contributed by atoms with Crippen molar-refractivity contribution in [1.29, 1.82) is 0 Å². The van der Waals surface area contributed by atoms with E-state index in [4.69, 9.17) is 4.74 Å². The standard InChI is InChI=1S/C15H23NO2/c1-4-5-10-16-14-9-7-6-8-13(14)15(17)18-11-12(2)3/h6-9,12,16H,4-5,10-11H2,1-3H3. The van der Waals surface area contributed by atoms with Crippen molar-refractivity contribution in [3.05, 3.63) is 29.8 Å². The molecule has 0 saturated carbocycles. The van der Waals surface area contributed by atoms with Crippen LogP contribution in [0.3, 0.4) is 0 Å². The highest BCUT2D eigenvalue weighted by atomic mass is 16.5. The summed E-state index contributed by atoms with van der Waals surface area (Å²) in [5, 5.41) is 3.28. The van der Waals surface area contributed by atoms with E-state index in [2.05, 4.69) is 12.2 Å². The Morgan fingerprint density at radius 3 is 2.72 bits per heavy atom. The zero-order chi connectivity index (χ0) is 13.4. The Kier molecular flexibility index (Phi) is 6.26. The van der Waals surface area contributed by atoms with Gasteiger partial charge in [0.05, 0.1) is 12.2 Å². The number of carbonyl (C=O) groups is 1. The van der Waals surface area contributed by atoms with E-state index in [1.807, 2.05) is 32.0 Å². The Labute approximate surface area is 110 Å². The Hall–Kier alpha value is -1.51. The second-order valence-electron chi connectivity index (χ2n) is 4.82. The first kappa shape index (κ1) is 14.6. The average molecular weight is 249 g/mol. The molecular formula is C15H23NO2. The second-order valence-corrected chi connectivity index (χ2v) is 4.82. The summed E-state index contributed by atoms with van der Waals surface area (Å²) in [5.74, 6) is 0.109. The van der Waals surface area contributed by atoms with Gasteiger partial charge in [-0.25, -0.2) is 4.79 Å². The maximum atomic E-state index is 11.9. The smallest absolute Gasteiger partial charge is 0.340 e. The molecule has 100 valence electrons.